The first-order chi connectivity index (χ1) is 16.5. The van der Waals surface area contributed by atoms with E-state index in [1.807, 2.05) is 54.6 Å². The van der Waals surface area contributed by atoms with Gasteiger partial charge < -0.3 is 10.1 Å². The van der Waals surface area contributed by atoms with Gasteiger partial charge in [-0.25, -0.2) is 4.68 Å². The Hall–Kier alpha value is -3.82. The molecule has 0 aliphatic carbocycles. The number of nitrogens with one attached hydrogen (secondary N) is 1. The fraction of sp³-hybridized carbons (Fsp3) is 0.0833. The third kappa shape index (κ3) is 4.35. The van der Waals surface area contributed by atoms with Gasteiger partial charge in [0.05, 0.1) is 16.3 Å². The van der Waals surface area contributed by atoms with Crippen LogP contribution in [-0.2, 0) is 11.5 Å². The molecule has 3 aromatic carbocycles. The summed E-state index contributed by atoms with van der Waals surface area (Å²) in [6.45, 7) is 0. The maximum absolute atomic E-state index is 13.1. The fourth-order valence-electron chi connectivity index (χ4n) is 3.63. The lowest BCUT2D eigenvalue weighted by Gasteiger charge is -2.12. The Labute approximate surface area is 203 Å². The Balaban J connectivity index is 1.47. The van der Waals surface area contributed by atoms with E-state index in [-0.39, 0.29) is 16.3 Å². The molecule has 0 saturated carbocycles. The molecule has 8 nitrogen and oxygen atoms in total. The second-order valence-corrected chi connectivity index (χ2v) is 8.88. The second kappa shape index (κ2) is 9.20. The molecule has 0 radical (unpaired) electrons. The molecule has 1 aliphatic rings. The van der Waals surface area contributed by atoms with Gasteiger partial charge in [-0.15, -0.1) is 0 Å². The van der Waals surface area contributed by atoms with Crippen molar-refractivity contribution in [1.29, 1.82) is 0 Å². The summed E-state index contributed by atoms with van der Waals surface area (Å²) in [5, 5.41) is 19.2. The number of anilines is 1. The van der Waals surface area contributed by atoms with Crippen LogP contribution >= 0.6 is 23.4 Å². The van der Waals surface area contributed by atoms with Crippen molar-refractivity contribution in [2.45, 2.75) is 11.5 Å². The monoisotopic (exact) mass is 492 g/mol. The number of aromatic nitrogens is 2. The van der Waals surface area contributed by atoms with Crippen LogP contribution in [0.25, 0.3) is 5.69 Å². The number of ether oxygens (including phenoxy) is 1. The van der Waals surface area contributed by atoms with Crippen LogP contribution in [0.5, 0.6) is 11.5 Å². The van der Waals surface area contributed by atoms with Crippen LogP contribution < -0.4 is 10.1 Å². The zero-order valence-electron chi connectivity index (χ0n) is 17.6. The predicted octanol–water partition coefficient (Wildman–Crippen LogP) is 6.23. The Kier molecular flexibility index (Phi) is 5.95. The molecule has 1 amide bonds. The Morgan fingerprint density at radius 1 is 1.06 bits per heavy atom. The molecule has 0 unspecified atom stereocenters. The molecule has 1 N–H and O–H groups in total. The van der Waals surface area contributed by atoms with Crippen molar-refractivity contribution in [3.63, 3.8) is 0 Å². The summed E-state index contributed by atoms with van der Waals surface area (Å²) in [7, 11) is 0. The van der Waals surface area contributed by atoms with Crippen LogP contribution in [0.4, 0.5) is 11.5 Å². The topological polar surface area (TPSA) is 99.3 Å². The molecule has 34 heavy (non-hydrogen) atoms. The van der Waals surface area contributed by atoms with Crippen molar-refractivity contribution < 1.29 is 14.5 Å². The minimum absolute atomic E-state index is 0.115. The van der Waals surface area contributed by atoms with E-state index in [1.165, 1.54) is 18.2 Å². The number of benzene rings is 3. The van der Waals surface area contributed by atoms with Crippen molar-refractivity contribution in [3.05, 3.63) is 105 Å². The molecule has 2 heterocycles. The van der Waals surface area contributed by atoms with Crippen molar-refractivity contribution in [2.75, 3.05) is 5.32 Å². The van der Waals surface area contributed by atoms with Gasteiger partial charge in [-0.05, 0) is 48.5 Å². The van der Waals surface area contributed by atoms with E-state index in [4.69, 9.17) is 16.3 Å². The predicted molar refractivity (Wildman–Crippen MR) is 131 cm³/mol. The summed E-state index contributed by atoms with van der Waals surface area (Å²) in [5.41, 5.74) is 2.05. The van der Waals surface area contributed by atoms with Crippen LogP contribution in [0.3, 0.4) is 0 Å². The number of nitro groups is 1. The fourth-order valence-corrected chi connectivity index (χ4v) is 4.84. The van der Waals surface area contributed by atoms with E-state index < -0.39 is 10.8 Å². The van der Waals surface area contributed by atoms with Gasteiger partial charge in [-0.1, -0.05) is 29.8 Å². The van der Waals surface area contributed by atoms with E-state index in [0.717, 1.165) is 28.4 Å². The first-order valence-corrected chi connectivity index (χ1v) is 11.8. The number of rotatable bonds is 6. The number of para-hydroxylation sites is 1. The quantitative estimate of drug-likeness (QED) is 0.253. The largest absolute Gasteiger partial charge is 0.457 e. The maximum atomic E-state index is 13.1. The normalized spacial score (nSPS) is 12.3. The highest BCUT2D eigenvalue weighted by Crippen LogP contribution is 2.37. The number of nitrogens with zero attached hydrogens (tertiary/aromatic N) is 3. The molecule has 0 fully saturated rings. The van der Waals surface area contributed by atoms with Crippen LogP contribution in [0.15, 0.2) is 72.8 Å². The van der Waals surface area contributed by atoms with Gasteiger partial charge in [0.15, 0.2) is 0 Å². The number of fused-ring (bicyclic) bond motifs is 1. The van der Waals surface area contributed by atoms with Crippen molar-refractivity contribution in [2.24, 2.45) is 0 Å². The molecule has 1 aromatic heterocycles. The van der Waals surface area contributed by atoms with Gasteiger partial charge in [0.25, 0.3) is 11.6 Å². The molecule has 170 valence electrons. The van der Waals surface area contributed by atoms with Crippen LogP contribution in [-0.4, -0.2) is 20.6 Å². The molecular weight excluding hydrogens is 476 g/mol. The summed E-state index contributed by atoms with van der Waals surface area (Å²) in [6.07, 6.45) is 0. The Morgan fingerprint density at radius 2 is 1.79 bits per heavy atom. The molecule has 0 saturated heterocycles. The van der Waals surface area contributed by atoms with Gasteiger partial charge in [0.2, 0.25) is 0 Å². The molecule has 1 aliphatic heterocycles. The smallest absolute Gasteiger partial charge is 0.282 e. The Morgan fingerprint density at radius 3 is 2.53 bits per heavy atom. The van der Waals surface area contributed by atoms with E-state index in [9.17, 15) is 14.9 Å². The SMILES string of the molecule is O=C(Nc1c2c(nn1-c1ccc(Oc3ccccc3)cc1)CSC2)c1cc(Cl)ccc1[N+](=O)[O-]. The summed E-state index contributed by atoms with van der Waals surface area (Å²) >= 11 is 7.69. The highest BCUT2D eigenvalue weighted by Gasteiger charge is 2.27. The number of halogens is 1. The summed E-state index contributed by atoms with van der Waals surface area (Å²) < 4.78 is 7.49. The second-order valence-electron chi connectivity index (χ2n) is 7.46. The third-order valence-electron chi connectivity index (χ3n) is 5.24. The number of thioether (sulfide) groups is 1. The van der Waals surface area contributed by atoms with Gasteiger partial charge >= 0.3 is 0 Å². The lowest BCUT2D eigenvalue weighted by Crippen LogP contribution is -2.17. The van der Waals surface area contributed by atoms with E-state index >= 15 is 0 Å². The molecule has 0 atom stereocenters. The van der Waals surface area contributed by atoms with Crippen molar-refractivity contribution in [1.82, 2.24) is 9.78 Å². The first-order valence-electron chi connectivity index (χ1n) is 10.3. The van der Waals surface area contributed by atoms with E-state index in [1.54, 1.807) is 16.4 Å². The highest BCUT2D eigenvalue weighted by molar-refractivity contribution is 7.98. The Bertz CT molecular complexity index is 1390. The van der Waals surface area contributed by atoms with Crippen molar-refractivity contribution in [3.8, 4) is 17.2 Å². The average molecular weight is 493 g/mol. The van der Waals surface area contributed by atoms with Crippen LogP contribution in [0.2, 0.25) is 5.02 Å². The van der Waals surface area contributed by atoms with Crippen LogP contribution in [0, 0.1) is 10.1 Å². The molecule has 10 heteroatoms. The molecule has 0 spiro atoms. The first kappa shape index (κ1) is 22.0. The summed E-state index contributed by atoms with van der Waals surface area (Å²) in [4.78, 5) is 23.9. The highest BCUT2D eigenvalue weighted by atomic mass is 35.5. The van der Waals surface area contributed by atoms with E-state index in [2.05, 4.69) is 10.4 Å². The lowest BCUT2D eigenvalue weighted by molar-refractivity contribution is -0.385. The lowest BCUT2D eigenvalue weighted by atomic mass is 10.1. The van der Waals surface area contributed by atoms with Crippen molar-refractivity contribution >= 4 is 40.8 Å². The average Bonchev–Trinajstić information content (AvgIpc) is 3.43. The molecular formula is C24H17ClN4O4S. The third-order valence-corrected chi connectivity index (χ3v) is 6.45. The van der Waals surface area contributed by atoms with Gasteiger partial charge in [0, 0.05) is 28.2 Å². The van der Waals surface area contributed by atoms with Crippen LogP contribution in [0.1, 0.15) is 21.6 Å². The van der Waals surface area contributed by atoms with Gasteiger partial charge in [0.1, 0.15) is 22.9 Å². The molecule has 0 bridgehead atoms. The number of hydrogen-bond acceptors (Lipinski definition) is 6. The number of amides is 1. The van der Waals surface area contributed by atoms with E-state index in [0.29, 0.717) is 17.3 Å². The zero-order valence-corrected chi connectivity index (χ0v) is 19.2. The molecule has 5 rings (SSSR count). The zero-order chi connectivity index (χ0) is 23.7. The molecule has 4 aromatic rings. The van der Waals surface area contributed by atoms with Gasteiger partial charge in [-0.2, -0.15) is 16.9 Å². The standard InChI is InChI=1S/C24H17ClN4O4S/c25-15-6-11-22(29(31)32)19(12-15)24(30)26-23-20-13-34-14-21(20)27-28(23)16-7-9-18(10-8-16)33-17-4-2-1-3-5-17/h1-12H,13-14H2,(H,26,30). The minimum atomic E-state index is -0.626. The number of carbonyl (C=O) groups excluding carboxylic acids is 1. The number of hydrogen-bond donors (Lipinski definition) is 1. The summed E-state index contributed by atoms with van der Waals surface area (Å²) in [5.74, 6) is 2.64. The number of nitro benzene ring substituents is 1. The number of carbonyl (C=O) groups is 1. The minimum Gasteiger partial charge on any atom is -0.457 e. The summed E-state index contributed by atoms with van der Waals surface area (Å²) in [6, 6.07) is 20.6. The van der Waals surface area contributed by atoms with Gasteiger partial charge in [-0.3, -0.25) is 14.9 Å². The maximum Gasteiger partial charge on any atom is 0.282 e.